The summed E-state index contributed by atoms with van der Waals surface area (Å²) in [7, 11) is 0. The normalized spacial score (nSPS) is 14.2. The topological polar surface area (TPSA) is 46.5 Å². The monoisotopic (exact) mass is 320 g/mol. The van der Waals surface area contributed by atoms with Crippen LogP contribution in [-0.2, 0) is 9.53 Å². The van der Waals surface area contributed by atoms with E-state index in [1.807, 2.05) is 11.3 Å². The second kappa shape index (κ2) is 5.14. The first kappa shape index (κ1) is 18.5. The highest BCUT2D eigenvalue weighted by atomic mass is 19.4. The number of carboxylic acids is 1. The Morgan fingerprint density at radius 2 is 1.45 bits per heavy atom. The third-order valence-corrected chi connectivity index (χ3v) is 1.83. The SMILES string of the molecule is C=C(C(=O)O)C(F)(F)C(F)(F)C(F)(F)OC(F)(F)CF. The molecule has 0 aliphatic heterocycles. The molecule has 0 aliphatic rings. The fourth-order valence-corrected chi connectivity index (χ4v) is 0.785. The van der Waals surface area contributed by atoms with Gasteiger partial charge in [-0.3, -0.25) is 0 Å². The zero-order valence-electron chi connectivity index (χ0n) is 9.08. The molecule has 0 saturated carbocycles. The van der Waals surface area contributed by atoms with Crippen molar-refractivity contribution in [3.05, 3.63) is 12.2 Å². The smallest absolute Gasteiger partial charge is 0.430 e. The second-order valence-electron chi connectivity index (χ2n) is 3.32. The molecule has 0 spiro atoms. The molecule has 0 atom stereocenters. The highest BCUT2D eigenvalue weighted by Gasteiger charge is 2.76. The molecule has 0 saturated heterocycles. The first-order valence-electron chi connectivity index (χ1n) is 4.32. The van der Waals surface area contributed by atoms with Gasteiger partial charge >= 0.3 is 30.0 Å². The molecule has 0 aromatic heterocycles. The van der Waals surface area contributed by atoms with Crippen molar-refractivity contribution in [3.63, 3.8) is 0 Å². The highest BCUT2D eigenvalue weighted by Crippen LogP contribution is 2.50. The Labute approximate surface area is 104 Å². The van der Waals surface area contributed by atoms with Gasteiger partial charge in [-0.25, -0.2) is 13.9 Å². The van der Waals surface area contributed by atoms with Gasteiger partial charge < -0.3 is 5.11 Å². The Morgan fingerprint density at radius 1 is 1.05 bits per heavy atom. The summed E-state index contributed by atoms with van der Waals surface area (Å²) in [6.45, 7) is -1.05. The van der Waals surface area contributed by atoms with Gasteiger partial charge in [0, 0.05) is 0 Å². The summed E-state index contributed by atoms with van der Waals surface area (Å²) in [5.41, 5.74) is -2.69. The van der Waals surface area contributed by atoms with E-state index < -0.39 is 42.3 Å². The van der Waals surface area contributed by atoms with Gasteiger partial charge in [-0.2, -0.15) is 35.1 Å². The predicted molar refractivity (Wildman–Crippen MR) is 43.6 cm³/mol. The van der Waals surface area contributed by atoms with E-state index >= 15 is 0 Å². The second-order valence-corrected chi connectivity index (χ2v) is 3.32. The van der Waals surface area contributed by atoms with Crippen LogP contribution in [0.25, 0.3) is 0 Å². The Morgan fingerprint density at radius 3 is 1.75 bits per heavy atom. The molecule has 12 heteroatoms. The van der Waals surface area contributed by atoms with Crippen molar-refractivity contribution in [1.29, 1.82) is 0 Å². The number of carboxylic acid groups (broad SMARTS) is 1. The summed E-state index contributed by atoms with van der Waals surface area (Å²) in [5, 5.41) is 8.02. The zero-order valence-corrected chi connectivity index (χ0v) is 9.08. The van der Waals surface area contributed by atoms with Gasteiger partial charge in [0.2, 0.25) is 0 Å². The molecule has 0 aliphatic carbocycles. The molecule has 118 valence electrons. The van der Waals surface area contributed by atoms with Crippen molar-refractivity contribution in [2.24, 2.45) is 0 Å². The average Bonchev–Trinajstić information content (AvgIpc) is 2.25. The van der Waals surface area contributed by atoms with Gasteiger partial charge in [0.1, 0.15) is 5.57 Å². The van der Waals surface area contributed by atoms with E-state index in [4.69, 9.17) is 5.11 Å². The third kappa shape index (κ3) is 3.16. The molecule has 0 aromatic rings. The van der Waals surface area contributed by atoms with Crippen LogP contribution in [0, 0.1) is 0 Å². The fraction of sp³-hybridized carbons (Fsp3) is 0.625. The quantitative estimate of drug-likeness (QED) is 0.579. The largest absolute Gasteiger partial charge is 0.478 e. The molecule has 0 heterocycles. The summed E-state index contributed by atoms with van der Waals surface area (Å²) >= 11 is 0. The molecular weight excluding hydrogens is 315 g/mol. The van der Waals surface area contributed by atoms with Crippen molar-refractivity contribution >= 4 is 5.97 Å². The van der Waals surface area contributed by atoms with Gasteiger partial charge in [-0.1, -0.05) is 6.58 Å². The molecule has 0 unspecified atom stereocenters. The van der Waals surface area contributed by atoms with Crippen LogP contribution in [0.15, 0.2) is 12.2 Å². The minimum Gasteiger partial charge on any atom is -0.478 e. The van der Waals surface area contributed by atoms with Crippen LogP contribution in [0.1, 0.15) is 0 Å². The van der Waals surface area contributed by atoms with Crippen molar-refractivity contribution in [2.45, 2.75) is 24.1 Å². The highest BCUT2D eigenvalue weighted by molar-refractivity contribution is 5.88. The summed E-state index contributed by atoms with van der Waals surface area (Å²) in [5.74, 6) is -15.6. The van der Waals surface area contributed by atoms with Crippen LogP contribution in [-0.4, -0.2) is 41.8 Å². The molecule has 20 heavy (non-hydrogen) atoms. The maximum atomic E-state index is 12.9. The summed E-state index contributed by atoms with van der Waals surface area (Å²) in [6, 6.07) is 0. The summed E-state index contributed by atoms with van der Waals surface area (Å²) in [6.07, 6.45) is -12.0. The van der Waals surface area contributed by atoms with Crippen molar-refractivity contribution in [3.8, 4) is 0 Å². The minimum absolute atomic E-state index is 1.94. The van der Waals surface area contributed by atoms with Gasteiger partial charge in [-0.05, 0) is 0 Å². The van der Waals surface area contributed by atoms with Gasteiger partial charge in [0.25, 0.3) is 0 Å². The fourth-order valence-electron chi connectivity index (χ4n) is 0.785. The van der Waals surface area contributed by atoms with E-state index in [9.17, 15) is 44.3 Å². The minimum atomic E-state index is -6.71. The molecule has 0 amide bonds. The van der Waals surface area contributed by atoms with Gasteiger partial charge in [0.05, 0.1) is 0 Å². The first-order valence-corrected chi connectivity index (χ1v) is 4.32. The molecule has 0 fully saturated rings. The summed E-state index contributed by atoms with van der Waals surface area (Å²) < 4.78 is 115. The Balaban J connectivity index is 5.60. The van der Waals surface area contributed by atoms with E-state index in [1.54, 1.807) is 0 Å². The van der Waals surface area contributed by atoms with E-state index in [0.717, 1.165) is 0 Å². The number of hydrogen-bond acceptors (Lipinski definition) is 2. The third-order valence-electron chi connectivity index (χ3n) is 1.83. The number of carbonyl (C=O) groups is 1. The van der Waals surface area contributed by atoms with Crippen LogP contribution < -0.4 is 0 Å². The van der Waals surface area contributed by atoms with Crippen LogP contribution in [0.3, 0.4) is 0 Å². The van der Waals surface area contributed by atoms with E-state index in [1.165, 1.54) is 0 Å². The molecule has 1 N–H and O–H groups in total. The van der Waals surface area contributed by atoms with Crippen molar-refractivity contribution < 1.29 is 54.2 Å². The number of aliphatic carboxylic acids is 1. The maximum Gasteiger partial charge on any atom is 0.430 e. The lowest BCUT2D eigenvalue weighted by Crippen LogP contribution is -2.58. The van der Waals surface area contributed by atoms with Crippen LogP contribution in [0.2, 0.25) is 0 Å². The molecule has 0 radical (unpaired) electrons. The van der Waals surface area contributed by atoms with Gasteiger partial charge in [0.15, 0.2) is 6.67 Å². The van der Waals surface area contributed by atoms with E-state index in [0.29, 0.717) is 0 Å². The Hall–Kier alpha value is -1.46. The Bertz CT molecular complexity index is 404. The lowest BCUT2D eigenvalue weighted by Gasteiger charge is -2.33. The van der Waals surface area contributed by atoms with Crippen LogP contribution in [0.4, 0.5) is 39.5 Å². The molecular formula is C8H5F9O3. The predicted octanol–water partition coefficient (Wildman–Crippen LogP) is 3.07. The number of hydrogen-bond donors (Lipinski definition) is 1. The molecule has 0 bridgehead atoms. The number of ether oxygens (including phenoxy) is 1. The van der Waals surface area contributed by atoms with Gasteiger partial charge in [-0.15, -0.1) is 0 Å². The zero-order chi connectivity index (χ0) is 16.6. The molecule has 0 aromatic carbocycles. The van der Waals surface area contributed by atoms with E-state index in [2.05, 4.69) is 0 Å². The van der Waals surface area contributed by atoms with Crippen molar-refractivity contribution in [2.75, 3.05) is 6.67 Å². The average molecular weight is 320 g/mol. The van der Waals surface area contributed by atoms with Crippen LogP contribution in [0.5, 0.6) is 0 Å². The summed E-state index contributed by atoms with van der Waals surface area (Å²) in [4.78, 5) is 10.1. The molecule has 0 rings (SSSR count). The van der Waals surface area contributed by atoms with Crippen LogP contribution >= 0.6 is 0 Å². The first-order chi connectivity index (χ1) is 8.62. The lowest BCUT2D eigenvalue weighted by atomic mass is 10.0. The number of rotatable bonds is 7. The Kier molecular flexibility index (Phi) is 4.77. The number of alkyl halides is 9. The maximum absolute atomic E-state index is 12.9. The van der Waals surface area contributed by atoms with E-state index in [-0.39, 0.29) is 0 Å². The lowest BCUT2D eigenvalue weighted by molar-refractivity contribution is -0.454. The van der Waals surface area contributed by atoms with Crippen molar-refractivity contribution in [1.82, 2.24) is 0 Å². The number of halogens is 9. The molecule has 3 nitrogen and oxygen atoms in total. The standard InChI is InChI=1S/C8H5F9O3/c1-3(4(18)19)6(12,13)7(14,15)8(16,17)20-5(10,11)2-9/h1-2H2,(H,18,19).